The van der Waals surface area contributed by atoms with E-state index in [0.29, 0.717) is 5.75 Å². The Hall–Kier alpha value is -2.56. The van der Waals surface area contributed by atoms with Crippen molar-refractivity contribution in [3.8, 4) is 5.75 Å². The Morgan fingerprint density at radius 3 is 2.41 bits per heavy atom. The molecule has 7 nitrogen and oxygen atoms in total. The van der Waals surface area contributed by atoms with Crippen LogP contribution in [0.5, 0.6) is 5.75 Å². The van der Waals surface area contributed by atoms with Crippen molar-refractivity contribution in [1.82, 2.24) is 4.31 Å². The van der Waals surface area contributed by atoms with Gasteiger partial charge in [-0.1, -0.05) is 0 Å². The number of benzene rings is 2. The topological polar surface area (TPSA) is 82.1 Å². The van der Waals surface area contributed by atoms with Gasteiger partial charge in [0.15, 0.2) is 0 Å². The highest BCUT2D eigenvalue weighted by atomic mass is 32.2. The van der Waals surface area contributed by atoms with Gasteiger partial charge >= 0.3 is 5.97 Å². The molecule has 0 aliphatic carbocycles. The molecule has 1 aliphatic rings. The molecule has 3 rings (SSSR count). The minimum Gasteiger partial charge on any atom is -0.490 e. The first-order valence-electron chi connectivity index (χ1n) is 8.81. The summed E-state index contributed by atoms with van der Waals surface area (Å²) in [5, 5.41) is 0. The maximum absolute atomic E-state index is 14.2. The average Bonchev–Trinajstić information content (AvgIpc) is 2.73. The summed E-state index contributed by atoms with van der Waals surface area (Å²) >= 11 is 0. The second-order valence-electron chi connectivity index (χ2n) is 6.10. The SMILES string of the molecule is O=C(OCCOc1ccc(F)cc1)c1ccc(F)c(S(=O)(=O)N2CCOCC2)c1. The molecule has 1 saturated heterocycles. The summed E-state index contributed by atoms with van der Waals surface area (Å²) in [6.45, 7) is 0.540. The highest BCUT2D eigenvalue weighted by Gasteiger charge is 2.30. The zero-order valence-corrected chi connectivity index (χ0v) is 16.2. The number of carbonyl (C=O) groups excluding carboxylic acids is 1. The second-order valence-corrected chi connectivity index (χ2v) is 8.01. The van der Waals surface area contributed by atoms with Gasteiger partial charge in [-0.15, -0.1) is 0 Å². The predicted molar refractivity (Wildman–Crippen MR) is 98.2 cm³/mol. The van der Waals surface area contributed by atoms with Gasteiger partial charge in [0.05, 0.1) is 18.8 Å². The monoisotopic (exact) mass is 427 g/mol. The first kappa shape index (κ1) is 21.2. The van der Waals surface area contributed by atoms with E-state index in [9.17, 15) is 22.0 Å². The van der Waals surface area contributed by atoms with E-state index in [1.807, 2.05) is 0 Å². The third-order valence-corrected chi connectivity index (χ3v) is 6.07. The van der Waals surface area contributed by atoms with Crippen molar-refractivity contribution < 1.29 is 36.2 Å². The number of halogens is 2. The third-order valence-electron chi connectivity index (χ3n) is 4.15. The first-order valence-corrected chi connectivity index (χ1v) is 10.2. The van der Waals surface area contributed by atoms with E-state index < -0.39 is 32.5 Å². The predicted octanol–water partition coefficient (Wildman–Crippen LogP) is 2.22. The van der Waals surface area contributed by atoms with Crippen molar-refractivity contribution in [2.45, 2.75) is 4.90 Å². The van der Waals surface area contributed by atoms with Gasteiger partial charge in [-0.25, -0.2) is 22.0 Å². The van der Waals surface area contributed by atoms with Crippen LogP contribution < -0.4 is 4.74 Å². The van der Waals surface area contributed by atoms with Gasteiger partial charge in [0, 0.05) is 13.1 Å². The lowest BCUT2D eigenvalue weighted by Crippen LogP contribution is -2.41. The van der Waals surface area contributed by atoms with Crippen molar-refractivity contribution in [2.75, 3.05) is 39.5 Å². The molecule has 1 fully saturated rings. The van der Waals surface area contributed by atoms with Crippen LogP contribution in [0.3, 0.4) is 0 Å². The molecule has 0 atom stereocenters. The summed E-state index contributed by atoms with van der Waals surface area (Å²) in [4.78, 5) is 11.6. The quantitative estimate of drug-likeness (QED) is 0.498. The summed E-state index contributed by atoms with van der Waals surface area (Å²) in [5.41, 5.74) is -0.0972. The maximum Gasteiger partial charge on any atom is 0.338 e. The minimum atomic E-state index is -4.10. The van der Waals surface area contributed by atoms with Crippen molar-refractivity contribution >= 4 is 16.0 Å². The van der Waals surface area contributed by atoms with Crippen LogP contribution in [0.2, 0.25) is 0 Å². The van der Waals surface area contributed by atoms with Gasteiger partial charge < -0.3 is 14.2 Å². The molecule has 0 radical (unpaired) electrons. The fraction of sp³-hybridized carbons (Fsp3) is 0.316. The Morgan fingerprint density at radius 1 is 1.03 bits per heavy atom. The first-order chi connectivity index (χ1) is 13.9. The lowest BCUT2D eigenvalue weighted by Gasteiger charge is -2.26. The molecule has 0 saturated carbocycles. The summed E-state index contributed by atoms with van der Waals surface area (Å²) < 4.78 is 68.9. The van der Waals surface area contributed by atoms with Crippen LogP contribution in [-0.2, 0) is 19.5 Å². The summed E-state index contributed by atoms with van der Waals surface area (Å²) in [5.74, 6) is -1.76. The van der Waals surface area contributed by atoms with E-state index in [1.54, 1.807) is 0 Å². The van der Waals surface area contributed by atoms with Crippen LogP contribution in [-0.4, -0.2) is 58.2 Å². The number of hydrogen-bond acceptors (Lipinski definition) is 6. The lowest BCUT2D eigenvalue weighted by atomic mass is 10.2. The standard InChI is InChI=1S/C19H19F2NO6S/c20-15-2-4-16(5-3-15)27-11-12-28-19(23)14-1-6-17(21)18(13-14)29(24,25)22-7-9-26-10-8-22/h1-6,13H,7-12H2. The summed E-state index contributed by atoms with van der Waals surface area (Å²) in [6, 6.07) is 8.35. The highest BCUT2D eigenvalue weighted by Crippen LogP contribution is 2.22. The summed E-state index contributed by atoms with van der Waals surface area (Å²) in [6.07, 6.45) is 0. The molecule has 2 aromatic rings. The third kappa shape index (κ3) is 5.28. The molecule has 0 unspecified atom stereocenters. The molecular formula is C19H19F2NO6S. The molecule has 2 aromatic carbocycles. The Labute approximate surface area is 166 Å². The number of nitrogens with zero attached hydrogens (tertiary/aromatic N) is 1. The molecule has 156 valence electrons. The Balaban J connectivity index is 1.62. The van der Waals surface area contributed by atoms with Crippen LogP contribution in [0.25, 0.3) is 0 Å². The minimum absolute atomic E-state index is 0.0114. The van der Waals surface area contributed by atoms with E-state index in [1.165, 1.54) is 24.3 Å². The number of sulfonamides is 1. The maximum atomic E-state index is 14.2. The number of ether oxygens (including phenoxy) is 3. The van der Waals surface area contributed by atoms with E-state index in [4.69, 9.17) is 14.2 Å². The van der Waals surface area contributed by atoms with Gasteiger partial charge in [0.2, 0.25) is 10.0 Å². The largest absolute Gasteiger partial charge is 0.490 e. The number of hydrogen-bond donors (Lipinski definition) is 0. The van der Waals surface area contributed by atoms with E-state index >= 15 is 0 Å². The van der Waals surface area contributed by atoms with Crippen molar-refractivity contribution in [3.05, 3.63) is 59.7 Å². The molecule has 0 spiro atoms. The molecule has 0 amide bonds. The summed E-state index contributed by atoms with van der Waals surface area (Å²) in [7, 11) is -4.10. The zero-order chi connectivity index (χ0) is 20.9. The van der Waals surface area contributed by atoms with Crippen LogP contribution >= 0.6 is 0 Å². The number of rotatable bonds is 7. The number of carbonyl (C=O) groups is 1. The van der Waals surface area contributed by atoms with Gasteiger partial charge in [-0.2, -0.15) is 4.31 Å². The normalized spacial score (nSPS) is 15.1. The number of morpholine rings is 1. The second kappa shape index (κ2) is 9.29. The molecule has 1 aliphatic heterocycles. The molecule has 0 bridgehead atoms. The Bertz CT molecular complexity index is 959. The molecule has 0 N–H and O–H groups in total. The van der Waals surface area contributed by atoms with Crippen LogP contribution in [0.1, 0.15) is 10.4 Å². The van der Waals surface area contributed by atoms with E-state index in [0.717, 1.165) is 22.5 Å². The molecule has 0 aromatic heterocycles. The molecule has 1 heterocycles. The fourth-order valence-corrected chi connectivity index (χ4v) is 4.16. The van der Waals surface area contributed by atoms with Gasteiger partial charge in [-0.3, -0.25) is 0 Å². The zero-order valence-electron chi connectivity index (χ0n) is 15.3. The van der Waals surface area contributed by atoms with Crippen molar-refractivity contribution in [3.63, 3.8) is 0 Å². The van der Waals surface area contributed by atoms with Gasteiger partial charge in [-0.05, 0) is 42.5 Å². The smallest absolute Gasteiger partial charge is 0.338 e. The van der Waals surface area contributed by atoms with Gasteiger partial charge in [0.25, 0.3) is 0 Å². The average molecular weight is 427 g/mol. The fourth-order valence-electron chi connectivity index (χ4n) is 2.66. The number of esters is 1. The molecule has 29 heavy (non-hydrogen) atoms. The van der Waals surface area contributed by atoms with Crippen LogP contribution in [0.4, 0.5) is 8.78 Å². The molecule has 10 heteroatoms. The Kier molecular flexibility index (Phi) is 6.78. The van der Waals surface area contributed by atoms with Gasteiger partial charge in [0.1, 0.15) is 35.5 Å². The van der Waals surface area contributed by atoms with Crippen LogP contribution in [0, 0.1) is 11.6 Å². The van der Waals surface area contributed by atoms with Crippen molar-refractivity contribution in [1.29, 1.82) is 0 Å². The van der Waals surface area contributed by atoms with Crippen LogP contribution in [0.15, 0.2) is 47.4 Å². The highest BCUT2D eigenvalue weighted by molar-refractivity contribution is 7.89. The van der Waals surface area contributed by atoms with E-state index in [-0.39, 0.29) is 45.1 Å². The Morgan fingerprint density at radius 2 is 1.72 bits per heavy atom. The van der Waals surface area contributed by atoms with Crippen molar-refractivity contribution in [2.24, 2.45) is 0 Å². The molecular weight excluding hydrogens is 408 g/mol. The lowest BCUT2D eigenvalue weighted by molar-refractivity contribution is 0.0450. The van der Waals surface area contributed by atoms with E-state index in [2.05, 4.69) is 0 Å².